The Kier molecular flexibility index (Phi) is 3.35. The summed E-state index contributed by atoms with van der Waals surface area (Å²) in [6.45, 7) is 7.81. The Morgan fingerprint density at radius 3 is 2.60 bits per heavy atom. The number of rotatable bonds is 3. The predicted octanol–water partition coefficient (Wildman–Crippen LogP) is 2.01. The van der Waals surface area contributed by atoms with E-state index in [9.17, 15) is 4.79 Å². The molecule has 1 atom stereocenters. The highest BCUT2D eigenvalue weighted by atomic mass is 16.1. The molecule has 84 valence electrons. The van der Waals surface area contributed by atoms with Crippen LogP contribution in [0.5, 0.6) is 0 Å². The zero-order chi connectivity index (χ0) is 11.6. The van der Waals surface area contributed by atoms with E-state index in [0.717, 1.165) is 6.42 Å². The van der Waals surface area contributed by atoms with Gasteiger partial charge in [-0.3, -0.25) is 4.79 Å². The molecule has 0 aromatic carbocycles. The van der Waals surface area contributed by atoms with Crippen molar-refractivity contribution in [3.05, 3.63) is 34.2 Å². The monoisotopic (exact) mass is 208 g/mol. The third-order valence-corrected chi connectivity index (χ3v) is 2.73. The second-order valence-corrected chi connectivity index (χ2v) is 4.61. The van der Waals surface area contributed by atoms with Crippen LogP contribution in [0.25, 0.3) is 0 Å². The van der Waals surface area contributed by atoms with Crippen LogP contribution < -0.4 is 11.3 Å². The van der Waals surface area contributed by atoms with Crippen molar-refractivity contribution in [2.45, 2.75) is 45.7 Å². The molecule has 1 aromatic heterocycles. The highest BCUT2D eigenvalue weighted by molar-refractivity contribution is 5.19. The van der Waals surface area contributed by atoms with Gasteiger partial charge in [0.05, 0.1) is 0 Å². The highest BCUT2D eigenvalue weighted by Crippen LogP contribution is 2.14. The number of hydrogen-bond donors (Lipinski definition) is 1. The first-order valence-corrected chi connectivity index (χ1v) is 5.38. The van der Waals surface area contributed by atoms with E-state index in [4.69, 9.17) is 5.73 Å². The van der Waals surface area contributed by atoms with Gasteiger partial charge in [0.25, 0.3) is 5.56 Å². The Bertz CT molecular complexity index is 387. The fraction of sp³-hybridized carbons (Fsp3) is 0.583. The van der Waals surface area contributed by atoms with E-state index < -0.39 is 5.54 Å². The number of pyridine rings is 1. The molecule has 15 heavy (non-hydrogen) atoms. The number of nitrogens with two attached hydrogens (primary N) is 1. The van der Waals surface area contributed by atoms with Crippen LogP contribution in [0.1, 0.15) is 45.7 Å². The molecule has 3 nitrogen and oxygen atoms in total. The van der Waals surface area contributed by atoms with Crippen molar-refractivity contribution in [3.63, 3.8) is 0 Å². The number of aromatic nitrogens is 1. The largest absolute Gasteiger partial charge is 0.322 e. The predicted molar refractivity (Wildman–Crippen MR) is 62.9 cm³/mol. The van der Waals surface area contributed by atoms with Gasteiger partial charge < -0.3 is 10.3 Å². The molecule has 1 aromatic rings. The van der Waals surface area contributed by atoms with Gasteiger partial charge in [-0.1, -0.05) is 13.0 Å². The van der Waals surface area contributed by atoms with Gasteiger partial charge in [-0.05, 0) is 33.3 Å². The van der Waals surface area contributed by atoms with Gasteiger partial charge in [-0.25, -0.2) is 0 Å². The van der Waals surface area contributed by atoms with Gasteiger partial charge in [0.1, 0.15) is 0 Å². The first-order valence-electron chi connectivity index (χ1n) is 5.38. The van der Waals surface area contributed by atoms with Gasteiger partial charge in [-0.15, -0.1) is 0 Å². The summed E-state index contributed by atoms with van der Waals surface area (Å²) in [4.78, 5) is 12.1. The lowest BCUT2D eigenvalue weighted by atomic mass is 9.97. The van der Waals surface area contributed by atoms with Gasteiger partial charge in [0, 0.05) is 23.3 Å². The van der Waals surface area contributed by atoms with E-state index in [-0.39, 0.29) is 11.6 Å². The zero-order valence-corrected chi connectivity index (χ0v) is 9.95. The van der Waals surface area contributed by atoms with Gasteiger partial charge >= 0.3 is 0 Å². The fourth-order valence-corrected chi connectivity index (χ4v) is 1.54. The van der Waals surface area contributed by atoms with E-state index in [1.54, 1.807) is 10.6 Å². The molecule has 0 aliphatic rings. The molecule has 2 N–H and O–H groups in total. The summed E-state index contributed by atoms with van der Waals surface area (Å²) in [5.41, 5.74) is 6.08. The minimum atomic E-state index is -0.576. The van der Waals surface area contributed by atoms with Crippen LogP contribution >= 0.6 is 0 Å². The summed E-state index contributed by atoms with van der Waals surface area (Å²) < 4.78 is 1.75. The van der Waals surface area contributed by atoms with Crippen molar-refractivity contribution >= 4 is 0 Å². The summed E-state index contributed by atoms with van der Waals surface area (Å²) in [5, 5.41) is 0. The van der Waals surface area contributed by atoms with Crippen molar-refractivity contribution < 1.29 is 0 Å². The Labute approximate surface area is 90.9 Å². The van der Waals surface area contributed by atoms with Crippen LogP contribution in [0.2, 0.25) is 0 Å². The summed E-state index contributed by atoms with van der Waals surface area (Å²) in [7, 11) is 0. The van der Waals surface area contributed by atoms with E-state index in [1.165, 1.54) is 0 Å². The molecule has 0 aliphatic heterocycles. The minimum absolute atomic E-state index is 0.0272. The Balaban J connectivity index is 3.30. The summed E-state index contributed by atoms with van der Waals surface area (Å²) in [5.74, 6) is 0. The van der Waals surface area contributed by atoms with Crippen LogP contribution in [-0.2, 0) is 5.54 Å². The SMILES string of the molecule is CCC(C)n1cccc(C(C)(C)N)c1=O. The number of hydrogen-bond acceptors (Lipinski definition) is 2. The fourth-order valence-electron chi connectivity index (χ4n) is 1.54. The lowest BCUT2D eigenvalue weighted by Crippen LogP contribution is -2.38. The normalized spacial score (nSPS) is 13.9. The Morgan fingerprint density at radius 1 is 1.53 bits per heavy atom. The maximum atomic E-state index is 12.1. The third kappa shape index (κ3) is 2.48. The Morgan fingerprint density at radius 2 is 2.13 bits per heavy atom. The van der Waals surface area contributed by atoms with Crippen LogP contribution in [0.4, 0.5) is 0 Å². The standard InChI is InChI=1S/C12H20N2O/c1-5-9(2)14-8-6-7-10(11(14)15)12(3,4)13/h6-9H,5,13H2,1-4H3. The molecule has 0 aliphatic carbocycles. The molecule has 0 saturated heterocycles. The number of nitrogens with zero attached hydrogens (tertiary/aromatic N) is 1. The molecule has 1 rings (SSSR count). The molecular weight excluding hydrogens is 188 g/mol. The molecule has 1 heterocycles. The average molecular weight is 208 g/mol. The second kappa shape index (κ2) is 4.19. The van der Waals surface area contributed by atoms with Crippen LogP contribution in [-0.4, -0.2) is 4.57 Å². The van der Waals surface area contributed by atoms with E-state index in [1.807, 2.05) is 33.0 Å². The molecule has 0 bridgehead atoms. The molecule has 3 heteroatoms. The highest BCUT2D eigenvalue weighted by Gasteiger charge is 2.19. The van der Waals surface area contributed by atoms with Gasteiger partial charge in [0.15, 0.2) is 0 Å². The molecule has 0 spiro atoms. The van der Waals surface area contributed by atoms with Crippen LogP contribution in [0, 0.1) is 0 Å². The smallest absolute Gasteiger partial charge is 0.255 e. The molecule has 0 saturated carbocycles. The van der Waals surface area contributed by atoms with E-state index in [2.05, 4.69) is 6.92 Å². The maximum Gasteiger partial charge on any atom is 0.255 e. The third-order valence-electron chi connectivity index (χ3n) is 2.73. The molecule has 1 unspecified atom stereocenters. The van der Waals surface area contributed by atoms with Crippen molar-refractivity contribution in [3.8, 4) is 0 Å². The molecule has 0 fully saturated rings. The lowest BCUT2D eigenvalue weighted by Gasteiger charge is -2.21. The molecule has 0 radical (unpaired) electrons. The minimum Gasteiger partial charge on any atom is -0.322 e. The maximum absolute atomic E-state index is 12.1. The quantitative estimate of drug-likeness (QED) is 0.826. The first-order chi connectivity index (χ1) is 6.88. The second-order valence-electron chi connectivity index (χ2n) is 4.61. The van der Waals surface area contributed by atoms with E-state index >= 15 is 0 Å². The van der Waals surface area contributed by atoms with Crippen molar-refractivity contribution in [1.82, 2.24) is 4.57 Å². The topological polar surface area (TPSA) is 48.0 Å². The van der Waals surface area contributed by atoms with Crippen LogP contribution in [0.15, 0.2) is 23.1 Å². The molecular formula is C12H20N2O. The van der Waals surface area contributed by atoms with Crippen LogP contribution in [0.3, 0.4) is 0 Å². The Hall–Kier alpha value is -1.09. The van der Waals surface area contributed by atoms with E-state index in [0.29, 0.717) is 5.56 Å². The van der Waals surface area contributed by atoms with Crippen molar-refractivity contribution in [1.29, 1.82) is 0 Å². The average Bonchev–Trinajstić information content (AvgIpc) is 2.15. The first kappa shape index (κ1) is 12.0. The van der Waals surface area contributed by atoms with Crippen molar-refractivity contribution in [2.24, 2.45) is 5.73 Å². The zero-order valence-electron chi connectivity index (χ0n) is 9.95. The van der Waals surface area contributed by atoms with Crippen molar-refractivity contribution in [2.75, 3.05) is 0 Å². The van der Waals surface area contributed by atoms with Gasteiger partial charge in [-0.2, -0.15) is 0 Å². The molecule has 0 amide bonds. The van der Waals surface area contributed by atoms with Gasteiger partial charge in [0.2, 0.25) is 0 Å². The summed E-state index contributed by atoms with van der Waals surface area (Å²) in [6.07, 6.45) is 2.76. The lowest BCUT2D eigenvalue weighted by molar-refractivity contribution is 0.486. The summed E-state index contributed by atoms with van der Waals surface area (Å²) >= 11 is 0. The summed E-state index contributed by atoms with van der Waals surface area (Å²) in [6, 6.07) is 3.92.